The van der Waals surface area contributed by atoms with Gasteiger partial charge in [-0.15, -0.1) is 4.83 Å². The summed E-state index contributed by atoms with van der Waals surface area (Å²) in [5.74, 6) is 0.543. The van der Waals surface area contributed by atoms with Crippen LogP contribution in [0.5, 0.6) is 5.75 Å². The Kier molecular flexibility index (Phi) is 7.78. The number of anilines is 1. The van der Waals surface area contributed by atoms with E-state index in [0.29, 0.717) is 16.3 Å². The van der Waals surface area contributed by atoms with E-state index in [1.54, 1.807) is 31.3 Å². The zero-order valence-corrected chi connectivity index (χ0v) is 19.3. The van der Waals surface area contributed by atoms with Crippen LogP contribution < -0.4 is 14.3 Å². The van der Waals surface area contributed by atoms with E-state index in [1.807, 2.05) is 0 Å². The van der Waals surface area contributed by atoms with Gasteiger partial charge in [-0.1, -0.05) is 23.2 Å². The van der Waals surface area contributed by atoms with Crippen molar-refractivity contribution in [3.8, 4) is 5.75 Å². The number of ether oxygens (including phenoxy) is 1. The van der Waals surface area contributed by atoms with E-state index in [1.165, 1.54) is 22.3 Å². The maximum Gasteiger partial charge on any atom is 0.259 e. The van der Waals surface area contributed by atoms with Crippen LogP contribution in [0.2, 0.25) is 10.0 Å². The quantitative estimate of drug-likeness (QED) is 0.395. The van der Waals surface area contributed by atoms with Crippen LogP contribution in [0.25, 0.3) is 0 Å². The maximum atomic E-state index is 12.7. The summed E-state index contributed by atoms with van der Waals surface area (Å²) in [5.41, 5.74) is 0.403. The van der Waals surface area contributed by atoms with Gasteiger partial charge in [0.25, 0.3) is 21.3 Å². The van der Waals surface area contributed by atoms with E-state index < -0.39 is 27.4 Å². The third-order valence-corrected chi connectivity index (χ3v) is 6.70. The molecule has 0 aliphatic carbocycles. The number of aliphatic hydroxyl groups excluding tert-OH is 1. The summed E-state index contributed by atoms with van der Waals surface area (Å²) >= 11 is 9.51. The minimum absolute atomic E-state index is 0.0116. The first-order valence-corrected chi connectivity index (χ1v) is 12.2. The molecule has 2 unspecified atom stereocenters. The highest BCUT2D eigenvalue weighted by atomic mass is 35.5. The van der Waals surface area contributed by atoms with Crippen molar-refractivity contribution in [3.63, 3.8) is 0 Å². The van der Waals surface area contributed by atoms with Gasteiger partial charge >= 0.3 is 0 Å². The minimum Gasteiger partial charge on any atom is -0.491 e. The lowest BCUT2D eigenvalue weighted by molar-refractivity contribution is -0.0669. The van der Waals surface area contributed by atoms with Crippen molar-refractivity contribution in [2.24, 2.45) is 0 Å². The second-order valence-electron chi connectivity index (χ2n) is 6.70. The molecule has 14 heteroatoms. The molecule has 0 bridgehead atoms. The fourth-order valence-electron chi connectivity index (χ4n) is 2.89. The first-order valence-electron chi connectivity index (χ1n) is 8.82. The van der Waals surface area contributed by atoms with Gasteiger partial charge in [0.05, 0.1) is 22.2 Å². The number of likely N-dealkylation sites (N-methyl/N-ethyl adjacent to an activating group) is 1. The number of hydrogen-bond donors (Lipinski definition) is 4. The zero-order chi connectivity index (χ0) is 22.8. The summed E-state index contributed by atoms with van der Waals surface area (Å²) in [6, 6.07) is 9.28. The average Bonchev–Trinajstić information content (AvgIpc) is 2.67. The molecule has 0 spiro atoms. The number of aliphatic hydroxyl groups is 1. The molecule has 2 aromatic rings. The third-order valence-electron chi connectivity index (χ3n) is 4.33. The van der Waals surface area contributed by atoms with E-state index in [-0.39, 0.29) is 35.3 Å². The van der Waals surface area contributed by atoms with Crippen LogP contribution in [-0.2, 0) is 27.8 Å². The highest BCUT2D eigenvalue weighted by Gasteiger charge is 2.32. The smallest absolute Gasteiger partial charge is 0.259 e. The normalized spacial score (nSPS) is 17.7. The number of nitrogens with one attached hydrogen (secondary N) is 2. The lowest BCUT2D eigenvalue weighted by Crippen LogP contribution is -2.55. The Morgan fingerprint density at radius 1 is 1.32 bits per heavy atom. The lowest BCUT2D eigenvalue weighted by Gasteiger charge is -2.36. The number of halogens is 2. The van der Waals surface area contributed by atoms with E-state index >= 15 is 0 Å². The van der Waals surface area contributed by atoms with Crippen LogP contribution in [0.15, 0.2) is 41.3 Å². The van der Waals surface area contributed by atoms with Crippen molar-refractivity contribution in [2.75, 3.05) is 24.9 Å². The Labute approximate surface area is 192 Å². The monoisotopic (exact) mass is 510 g/mol. The standard InChI is InChI=1S/C17H20Cl2N4O6S2/c1-22(9-13(24)10-29-14-4-2-12(18)3-5-14)23-8-11-6-15(19)16(20-30(25)26)7-17(11)31(27,28)21-23/h2-7,13,20-21,24H,8-10H2,1H3,(H,25,26). The Hall–Kier alpha value is -1.48. The van der Waals surface area contributed by atoms with Crippen LogP contribution in [0.1, 0.15) is 5.56 Å². The number of hydrogen-bond acceptors (Lipinski definition) is 7. The molecule has 3 rings (SSSR count). The number of nitrogens with zero attached hydrogens (tertiary/aromatic N) is 2. The maximum absolute atomic E-state index is 12.7. The van der Waals surface area contributed by atoms with Gasteiger partial charge in [-0.25, -0.2) is 17.6 Å². The molecule has 0 amide bonds. The Morgan fingerprint density at radius 2 is 2.00 bits per heavy atom. The second-order valence-corrected chi connectivity index (χ2v) is 9.88. The van der Waals surface area contributed by atoms with Gasteiger partial charge in [0.15, 0.2) is 0 Å². The lowest BCUT2D eigenvalue weighted by atomic mass is 10.2. The van der Waals surface area contributed by atoms with Gasteiger partial charge in [-0.2, -0.15) is 5.12 Å². The summed E-state index contributed by atoms with van der Waals surface area (Å²) < 4.78 is 53.0. The molecule has 2 atom stereocenters. The van der Waals surface area contributed by atoms with Gasteiger partial charge in [0, 0.05) is 18.6 Å². The minimum atomic E-state index is -3.98. The van der Waals surface area contributed by atoms with Crippen molar-refractivity contribution < 1.29 is 27.0 Å². The van der Waals surface area contributed by atoms with Crippen LogP contribution in [0.4, 0.5) is 5.69 Å². The molecule has 170 valence electrons. The van der Waals surface area contributed by atoms with E-state index in [2.05, 4.69) is 9.55 Å². The average molecular weight is 511 g/mol. The molecule has 2 aromatic carbocycles. The molecule has 1 heterocycles. The summed E-state index contributed by atoms with van der Waals surface area (Å²) in [4.78, 5) is 2.32. The molecule has 0 fully saturated rings. The van der Waals surface area contributed by atoms with Gasteiger partial charge in [-0.05, 0) is 42.0 Å². The zero-order valence-electron chi connectivity index (χ0n) is 16.2. The van der Waals surface area contributed by atoms with Crippen LogP contribution >= 0.6 is 23.2 Å². The van der Waals surface area contributed by atoms with E-state index in [9.17, 15) is 17.7 Å². The first kappa shape index (κ1) is 24.2. The number of sulfonamides is 1. The number of hydrazine groups is 2. The molecule has 1 aliphatic rings. The molecule has 31 heavy (non-hydrogen) atoms. The molecule has 0 aromatic heterocycles. The SMILES string of the molecule is CN(CC(O)COc1ccc(Cl)cc1)N1Cc2cc(Cl)c(NS(=O)O)cc2S(=O)(=O)N1. The Balaban J connectivity index is 1.66. The predicted octanol–water partition coefficient (Wildman–Crippen LogP) is 1.84. The molecule has 4 N–H and O–H groups in total. The Morgan fingerprint density at radius 3 is 2.65 bits per heavy atom. The van der Waals surface area contributed by atoms with Crippen LogP contribution in [-0.4, -0.2) is 58.7 Å². The number of benzene rings is 2. The third kappa shape index (κ3) is 6.28. The molecule has 10 nitrogen and oxygen atoms in total. The summed E-state index contributed by atoms with van der Waals surface area (Å²) in [6.45, 7) is 0.183. The first-order chi connectivity index (χ1) is 14.5. The summed E-state index contributed by atoms with van der Waals surface area (Å²) in [5, 5.41) is 13.8. The molecule has 1 aliphatic heterocycles. The highest BCUT2D eigenvalue weighted by molar-refractivity contribution is 7.89. The topological polar surface area (TPSA) is 131 Å². The summed E-state index contributed by atoms with van der Waals surface area (Å²) in [7, 11) is -2.37. The molecular weight excluding hydrogens is 491 g/mol. The van der Waals surface area contributed by atoms with Crippen molar-refractivity contribution in [3.05, 3.63) is 52.0 Å². The molecule has 0 saturated carbocycles. The van der Waals surface area contributed by atoms with Crippen molar-refractivity contribution >= 4 is 50.2 Å². The fraction of sp³-hybridized carbons (Fsp3) is 0.294. The fourth-order valence-corrected chi connectivity index (χ4v) is 4.99. The van der Waals surface area contributed by atoms with E-state index in [0.717, 1.165) is 0 Å². The van der Waals surface area contributed by atoms with Gasteiger partial charge in [0.2, 0.25) is 0 Å². The van der Waals surface area contributed by atoms with Gasteiger partial charge < -0.3 is 9.84 Å². The highest BCUT2D eigenvalue weighted by Crippen LogP contribution is 2.32. The molecule has 0 saturated heterocycles. The van der Waals surface area contributed by atoms with Gasteiger partial charge in [-0.3, -0.25) is 9.27 Å². The predicted molar refractivity (Wildman–Crippen MR) is 117 cm³/mol. The summed E-state index contributed by atoms with van der Waals surface area (Å²) in [6.07, 6.45) is -0.915. The number of rotatable bonds is 8. The van der Waals surface area contributed by atoms with Crippen LogP contribution in [0, 0.1) is 0 Å². The van der Waals surface area contributed by atoms with Crippen molar-refractivity contribution in [1.29, 1.82) is 0 Å². The number of fused-ring (bicyclic) bond motifs is 1. The Bertz CT molecular complexity index is 1070. The second kappa shape index (κ2) is 9.98. The van der Waals surface area contributed by atoms with Crippen LogP contribution in [0.3, 0.4) is 0 Å². The molecule has 0 radical (unpaired) electrons. The van der Waals surface area contributed by atoms with Crippen molar-refractivity contribution in [1.82, 2.24) is 15.0 Å². The molecular formula is C17H20Cl2N4O6S2. The van der Waals surface area contributed by atoms with E-state index in [4.69, 9.17) is 32.5 Å². The van der Waals surface area contributed by atoms with Crippen molar-refractivity contribution in [2.45, 2.75) is 17.5 Å². The van der Waals surface area contributed by atoms with Gasteiger partial charge in [0.1, 0.15) is 18.5 Å². The largest absolute Gasteiger partial charge is 0.491 e.